The molecule has 1 atom stereocenters. The third-order valence-corrected chi connectivity index (χ3v) is 9.45. The topological polar surface area (TPSA) is 96.0 Å². The molecule has 0 aromatic heterocycles. The Morgan fingerprint density at radius 1 is 0.977 bits per heavy atom. The van der Waals surface area contributed by atoms with Gasteiger partial charge in [0, 0.05) is 27.6 Å². The summed E-state index contributed by atoms with van der Waals surface area (Å²) in [5.41, 5.74) is 0.833. The maximum absolute atomic E-state index is 14.2. The molecule has 0 aliphatic heterocycles. The van der Waals surface area contributed by atoms with E-state index in [4.69, 9.17) is 27.9 Å². The van der Waals surface area contributed by atoms with E-state index in [1.54, 1.807) is 61.5 Å². The van der Waals surface area contributed by atoms with E-state index in [2.05, 4.69) is 21.2 Å². The highest BCUT2D eigenvalue weighted by Crippen LogP contribution is 2.28. The Balaban J connectivity index is 2.07. The van der Waals surface area contributed by atoms with Gasteiger partial charge in [-0.15, -0.1) is 0 Å². The van der Waals surface area contributed by atoms with Gasteiger partial charge in [0.1, 0.15) is 18.3 Å². The van der Waals surface area contributed by atoms with Crippen molar-refractivity contribution >= 4 is 66.7 Å². The van der Waals surface area contributed by atoms with Crippen LogP contribution < -0.4 is 14.4 Å². The normalized spacial score (nSPS) is 12.1. The Morgan fingerprint density at radius 2 is 1.63 bits per heavy atom. The summed E-state index contributed by atoms with van der Waals surface area (Å²) in [5, 5.41) is 3.66. The first-order valence-corrected chi connectivity index (χ1v) is 16.9. The van der Waals surface area contributed by atoms with Gasteiger partial charge in [-0.3, -0.25) is 13.9 Å². The molecule has 0 saturated heterocycles. The average Bonchev–Trinajstić information content (AvgIpc) is 2.96. The highest BCUT2D eigenvalue weighted by Gasteiger charge is 2.34. The minimum atomic E-state index is -4.21. The molecule has 3 rings (SSSR count). The molecule has 3 aromatic rings. The Labute approximate surface area is 272 Å². The Bertz CT molecular complexity index is 1500. The van der Waals surface area contributed by atoms with Gasteiger partial charge < -0.3 is 15.0 Å². The molecule has 12 heteroatoms. The van der Waals surface area contributed by atoms with Crippen molar-refractivity contribution in [1.29, 1.82) is 0 Å². The van der Waals surface area contributed by atoms with Gasteiger partial charge in [0.2, 0.25) is 11.8 Å². The molecular weight excluding hydrogens is 677 g/mol. The van der Waals surface area contributed by atoms with Crippen LogP contribution in [0.1, 0.15) is 39.7 Å². The van der Waals surface area contributed by atoms with E-state index in [9.17, 15) is 18.0 Å². The summed E-state index contributed by atoms with van der Waals surface area (Å²) in [6, 6.07) is 16.6. The zero-order valence-corrected chi connectivity index (χ0v) is 28.4. The second-order valence-corrected chi connectivity index (χ2v) is 13.8. The summed E-state index contributed by atoms with van der Waals surface area (Å²) in [5.74, 6) is -0.155. The van der Waals surface area contributed by atoms with Gasteiger partial charge in [-0.25, -0.2) is 8.42 Å². The molecular formula is C31H36BrCl2N3O5S. The molecule has 1 N–H and O–H groups in total. The summed E-state index contributed by atoms with van der Waals surface area (Å²) < 4.78 is 35.3. The molecule has 0 spiro atoms. The molecule has 232 valence electrons. The largest absolute Gasteiger partial charge is 0.494 e. The molecule has 3 aromatic carbocycles. The van der Waals surface area contributed by atoms with E-state index in [1.165, 1.54) is 17.0 Å². The van der Waals surface area contributed by atoms with Gasteiger partial charge in [0.15, 0.2) is 0 Å². The fourth-order valence-electron chi connectivity index (χ4n) is 4.31. The van der Waals surface area contributed by atoms with Crippen molar-refractivity contribution < 1.29 is 22.7 Å². The summed E-state index contributed by atoms with van der Waals surface area (Å²) in [6.07, 6.45) is 0.295. The van der Waals surface area contributed by atoms with Crippen LogP contribution in [0.25, 0.3) is 0 Å². The van der Waals surface area contributed by atoms with E-state index in [1.807, 2.05) is 20.8 Å². The maximum atomic E-state index is 14.2. The van der Waals surface area contributed by atoms with Crippen LogP contribution in [-0.2, 0) is 26.2 Å². The second kappa shape index (κ2) is 15.8. The number of benzene rings is 3. The van der Waals surface area contributed by atoms with E-state index >= 15 is 0 Å². The number of nitrogens with one attached hydrogen (secondary N) is 1. The number of sulfonamides is 1. The molecule has 0 radical (unpaired) electrons. The van der Waals surface area contributed by atoms with E-state index in [0.717, 1.165) is 4.31 Å². The van der Waals surface area contributed by atoms with Gasteiger partial charge in [0.05, 0.1) is 17.2 Å². The minimum absolute atomic E-state index is 0.00592. The number of carbonyl (C=O) groups excluding carboxylic acids is 2. The number of carbonyl (C=O) groups is 2. The molecule has 0 aliphatic rings. The van der Waals surface area contributed by atoms with Crippen molar-refractivity contribution in [3.8, 4) is 5.75 Å². The number of ether oxygens (including phenoxy) is 1. The minimum Gasteiger partial charge on any atom is -0.494 e. The number of anilines is 1. The first-order valence-electron chi connectivity index (χ1n) is 13.9. The Kier molecular flexibility index (Phi) is 12.7. The van der Waals surface area contributed by atoms with Crippen LogP contribution in [0, 0.1) is 5.92 Å². The van der Waals surface area contributed by atoms with Crippen molar-refractivity contribution in [1.82, 2.24) is 10.2 Å². The van der Waals surface area contributed by atoms with Crippen LogP contribution in [0.2, 0.25) is 10.0 Å². The fourth-order valence-corrected chi connectivity index (χ4v) is 6.46. The number of nitrogens with zero attached hydrogens (tertiary/aromatic N) is 2. The molecule has 0 saturated carbocycles. The lowest BCUT2D eigenvalue weighted by Gasteiger charge is -2.33. The third-order valence-electron chi connectivity index (χ3n) is 6.54. The first kappa shape index (κ1) is 34.7. The van der Waals surface area contributed by atoms with E-state index < -0.39 is 28.5 Å². The summed E-state index contributed by atoms with van der Waals surface area (Å²) in [6.45, 7) is 7.86. The standard InChI is InChI=1S/C31H36BrCl2N3O5S/c1-5-29(31(39)35-18-21(3)4)36(19-22-7-10-24(33)17-28(22)34)30(38)20-37(25-11-13-26(14-12-25)42-6-2)43(40,41)27-15-8-23(32)9-16-27/h7-17,21,29H,5-6,18-20H2,1-4H3,(H,35,39). The maximum Gasteiger partial charge on any atom is 0.264 e. The van der Waals surface area contributed by atoms with E-state index in [0.29, 0.717) is 45.4 Å². The number of hydrogen-bond donors (Lipinski definition) is 1. The summed E-state index contributed by atoms with van der Waals surface area (Å²) >= 11 is 15.9. The lowest BCUT2D eigenvalue weighted by molar-refractivity contribution is -0.140. The zero-order valence-electron chi connectivity index (χ0n) is 24.5. The number of rotatable bonds is 14. The van der Waals surface area contributed by atoms with Crippen LogP contribution in [0.3, 0.4) is 0 Å². The van der Waals surface area contributed by atoms with Crippen LogP contribution in [0.5, 0.6) is 5.75 Å². The molecule has 0 fully saturated rings. The van der Waals surface area contributed by atoms with Gasteiger partial charge in [-0.05, 0) is 85.5 Å². The molecule has 0 bridgehead atoms. The van der Waals surface area contributed by atoms with Crippen LogP contribution in [-0.4, -0.2) is 50.9 Å². The highest BCUT2D eigenvalue weighted by atomic mass is 79.9. The third kappa shape index (κ3) is 9.35. The smallest absolute Gasteiger partial charge is 0.264 e. The van der Waals surface area contributed by atoms with Crippen LogP contribution in [0.4, 0.5) is 5.69 Å². The van der Waals surface area contributed by atoms with Gasteiger partial charge in [-0.2, -0.15) is 0 Å². The molecule has 43 heavy (non-hydrogen) atoms. The zero-order chi connectivity index (χ0) is 31.7. The Hall–Kier alpha value is -2.79. The van der Waals surface area contributed by atoms with Crippen molar-refractivity contribution in [2.75, 3.05) is 24.0 Å². The number of halogens is 3. The molecule has 1 unspecified atom stereocenters. The summed E-state index contributed by atoms with van der Waals surface area (Å²) in [7, 11) is -4.21. The predicted molar refractivity (Wildman–Crippen MR) is 175 cm³/mol. The van der Waals surface area contributed by atoms with Crippen molar-refractivity contribution in [2.45, 2.75) is 51.6 Å². The number of amides is 2. The Morgan fingerprint density at radius 3 is 2.19 bits per heavy atom. The monoisotopic (exact) mass is 711 g/mol. The number of hydrogen-bond acceptors (Lipinski definition) is 5. The van der Waals surface area contributed by atoms with Crippen molar-refractivity contribution in [2.24, 2.45) is 5.92 Å². The lowest BCUT2D eigenvalue weighted by Crippen LogP contribution is -2.52. The van der Waals surface area contributed by atoms with Crippen molar-refractivity contribution in [3.63, 3.8) is 0 Å². The van der Waals surface area contributed by atoms with Crippen molar-refractivity contribution in [3.05, 3.63) is 86.8 Å². The highest BCUT2D eigenvalue weighted by molar-refractivity contribution is 9.10. The molecule has 8 nitrogen and oxygen atoms in total. The SMILES string of the molecule is CCOc1ccc(N(CC(=O)N(Cc2ccc(Cl)cc2Cl)C(CC)C(=O)NCC(C)C)S(=O)(=O)c2ccc(Br)cc2)cc1. The van der Waals surface area contributed by atoms with E-state index in [-0.39, 0.29) is 29.0 Å². The van der Waals surface area contributed by atoms with Crippen LogP contribution >= 0.6 is 39.1 Å². The van der Waals surface area contributed by atoms with Gasteiger partial charge in [0.25, 0.3) is 10.0 Å². The van der Waals surface area contributed by atoms with Crippen LogP contribution in [0.15, 0.2) is 76.1 Å². The molecule has 2 amide bonds. The predicted octanol–water partition coefficient (Wildman–Crippen LogP) is 6.93. The van der Waals surface area contributed by atoms with Gasteiger partial charge in [-0.1, -0.05) is 66.0 Å². The fraction of sp³-hybridized carbons (Fsp3) is 0.355. The molecule has 0 aliphatic carbocycles. The second-order valence-electron chi connectivity index (χ2n) is 10.2. The first-order chi connectivity index (χ1) is 20.4. The molecule has 0 heterocycles. The lowest BCUT2D eigenvalue weighted by atomic mass is 10.1. The summed E-state index contributed by atoms with van der Waals surface area (Å²) in [4.78, 5) is 28.9. The van der Waals surface area contributed by atoms with Gasteiger partial charge >= 0.3 is 0 Å². The quantitative estimate of drug-likeness (QED) is 0.196. The average molecular weight is 714 g/mol.